The van der Waals surface area contributed by atoms with E-state index in [4.69, 9.17) is 16.3 Å². The summed E-state index contributed by atoms with van der Waals surface area (Å²) in [5.41, 5.74) is 3.69. The average molecular weight is 275 g/mol. The van der Waals surface area contributed by atoms with Gasteiger partial charge in [-0.15, -0.1) is 0 Å². The van der Waals surface area contributed by atoms with Crippen molar-refractivity contribution in [3.05, 3.63) is 53.1 Å². The molecule has 1 nitrogen and oxygen atoms in total. The van der Waals surface area contributed by atoms with Gasteiger partial charge in [-0.2, -0.15) is 0 Å². The van der Waals surface area contributed by atoms with Crippen LogP contribution in [0.25, 0.3) is 11.1 Å². The van der Waals surface area contributed by atoms with Crippen LogP contribution in [0.1, 0.15) is 25.3 Å². The van der Waals surface area contributed by atoms with Gasteiger partial charge >= 0.3 is 0 Å². The molecule has 100 valence electrons. The molecule has 2 aromatic carbocycles. The first-order valence-corrected chi connectivity index (χ1v) is 7.06. The zero-order valence-electron chi connectivity index (χ0n) is 11.4. The number of hydrogen-bond acceptors (Lipinski definition) is 1. The molecule has 0 amide bonds. The maximum Gasteiger partial charge on any atom is 0.126 e. The molecule has 0 heterocycles. The van der Waals surface area contributed by atoms with E-state index in [0.717, 1.165) is 22.8 Å². The first-order chi connectivity index (χ1) is 9.26. The van der Waals surface area contributed by atoms with Gasteiger partial charge in [0.1, 0.15) is 5.75 Å². The molecule has 0 unspecified atom stereocenters. The summed E-state index contributed by atoms with van der Waals surface area (Å²) in [6.07, 6.45) is 3.46. The summed E-state index contributed by atoms with van der Waals surface area (Å²) in [5, 5.41) is 0.758. The third kappa shape index (κ3) is 3.30. The summed E-state index contributed by atoms with van der Waals surface area (Å²) >= 11 is 5.96. The van der Waals surface area contributed by atoms with Crippen LogP contribution in [0.2, 0.25) is 5.02 Å². The van der Waals surface area contributed by atoms with Crippen LogP contribution < -0.4 is 4.74 Å². The van der Waals surface area contributed by atoms with Gasteiger partial charge in [-0.05, 0) is 42.2 Å². The van der Waals surface area contributed by atoms with Crippen molar-refractivity contribution in [2.24, 2.45) is 0 Å². The van der Waals surface area contributed by atoms with E-state index in [0.29, 0.717) is 0 Å². The van der Waals surface area contributed by atoms with Gasteiger partial charge < -0.3 is 4.74 Å². The lowest BCUT2D eigenvalue weighted by Gasteiger charge is -2.14. The topological polar surface area (TPSA) is 9.23 Å². The van der Waals surface area contributed by atoms with Gasteiger partial charge in [-0.1, -0.05) is 49.2 Å². The Balaban J connectivity index is 2.48. The van der Waals surface area contributed by atoms with Gasteiger partial charge in [-0.3, -0.25) is 0 Å². The lowest BCUT2D eigenvalue weighted by atomic mass is 9.95. The predicted molar refractivity (Wildman–Crippen MR) is 82.1 cm³/mol. The highest BCUT2D eigenvalue weighted by atomic mass is 35.5. The van der Waals surface area contributed by atoms with E-state index in [1.807, 2.05) is 18.2 Å². The van der Waals surface area contributed by atoms with Crippen LogP contribution in [0.15, 0.2) is 42.5 Å². The number of methoxy groups -OCH3 is 1. The van der Waals surface area contributed by atoms with Crippen LogP contribution in [-0.2, 0) is 6.42 Å². The molecule has 0 saturated heterocycles. The number of ether oxygens (including phenoxy) is 1. The van der Waals surface area contributed by atoms with Gasteiger partial charge in [0.15, 0.2) is 0 Å². The minimum Gasteiger partial charge on any atom is -0.496 e. The van der Waals surface area contributed by atoms with Crippen molar-refractivity contribution in [1.82, 2.24) is 0 Å². The van der Waals surface area contributed by atoms with Crippen LogP contribution in [0.5, 0.6) is 5.75 Å². The molecule has 0 fully saturated rings. The van der Waals surface area contributed by atoms with Gasteiger partial charge in [0.25, 0.3) is 0 Å². The van der Waals surface area contributed by atoms with E-state index in [1.54, 1.807) is 7.11 Å². The zero-order valence-corrected chi connectivity index (χ0v) is 12.2. The van der Waals surface area contributed by atoms with Crippen molar-refractivity contribution in [2.45, 2.75) is 26.2 Å². The summed E-state index contributed by atoms with van der Waals surface area (Å²) in [4.78, 5) is 0. The highest BCUT2D eigenvalue weighted by Gasteiger charge is 2.10. The highest BCUT2D eigenvalue weighted by molar-refractivity contribution is 6.30. The number of halogens is 1. The summed E-state index contributed by atoms with van der Waals surface area (Å²) < 4.78 is 5.52. The maximum absolute atomic E-state index is 5.96. The molecule has 19 heavy (non-hydrogen) atoms. The minimum absolute atomic E-state index is 0.758. The third-order valence-corrected chi connectivity index (χ3v) is 3.52. The molecule has 0 N–H and O–H groups in total. The molecular weight excluding hydrogens is 256 g/mol. The molecule has 0 radical (unpaired) electrons. The van der Waals surface area contributed by atoms with Gasteiger partial charge in [0.05, 0.1) is 7.11 Å². The first kappa shape index (κ1) is 14.0. The van der Waals surface area contributed by atoms with Crippen LogP contribution >= 0.6 is 11.6 Å². The van der Waals surface area contributed by atoms with E-state index in [9.17, 15) is 0 Å². The molecule has 0 aliphatic heterocycles. The van der Waals surface area contributed by atoms with E-state index in [2.05, 4.69) is 31.2 Å². The normalized spacial score (nSPS) is 10.5. The number of rotatable bonds is 5. The molecule has 2 aromatic rings. The molecule has 2 rings (SSSR count). The smallest absolute Gasteiger partial charge is 0.126 e. The van der Waals surface area contributed by atoms with E-state index >= 15 is 0 Å². The Hall–Kier alpha value is -1.47. The average Bonchev–Trinajstić information content (AvgIpc) is 2.45. The molecule has 0 atom stereocenters. The Kier molecular flexibility index (Phi) is 4.86. The fourth-order valence-electron chi connectivity index (χ4n) is 2.27. The van der Waals surface area contributed by atoms with E-state index < -0.39 is 0 Å². The molecule has 0 aromatic heterocycles. The SMILES string of the molecule is CCCCc1cccc(OC)c1-c1ccc(Cl)cc1. The van der Waals surface area contributed by atoms with Crippen molar-refractivity contribution >= 4 is 11.6 Å². The first-order valence-electron chi connectivity index (χ1n) is 6.68. The Morgan fingerprint density at radius 1 is 1.05 bits per heavy atom. The van der Waals surface area contributed by atoms with Crippen LogP contribution in [0, 0.1) is 0 Å². The lowest BCUT2D eigenvalue weighted by Crippen LogP contribution is -1.95. The molecule has 0 spiro atoms. The molecule has 0 aliphatic carbocycles. The molecule has 0 aliphatic rings. The predicted octanol–water partition coefficient (Wildman–Crippen LogP) is 5.36. The molecule has 0 bridgehead atoms. The quantitative estimate of drug-likeness (QED) is 0.713. The number of benzene rings is 2. The van der Waals surface area contributed by atoms with E-state index in [1.165, 1.54) is 24.0 Å². The van der Waals surface area contributed by atoms with Crippen molar-refractivity contribution in [3.8, 4) is 16.9 Å². The van der Waals surface area contributed by atoms with Crippen molar-refractivity contribution < 1.29 is 4.74 Å². The van der Waals surface area contributed by atoms with Gasteiger partial charge in [-0.25, -0.2) is 0 Å². The third-order valence-electron chi connectivity index (χ3n) is 3.27. The largest absolute Gasteiger partial charge is 0.496 e. The Bertz CT molecular complexity index is 531. The summed E-state index contributed by atoms with van der Waals surface area (Å²) in [5.74, 6) is 0.927. The van der Waals surface area contributed by atoms with E-state index in [-0.39, 0.29) is 0 Å². The fourth-order valence-corrected chi connectivity index (χ4v) is 2.39. The minimum atomic E-state index is 0.758. The molecule has 2 heteroatoms. The Morgan fingerprint density at radius 3 is 2.42 bits per heavy atom. The van der Waals surface area contributed by atoms with Crippen LogP contribution in [0.3, 0.4) is 0 Å². The number of unbranched alkanes of at least 4 members (excludes halogenated alkanes) is 1. The monoisotopic (exact) mass is 274 g/mol. The number of hydrogen-bond donors (Lipinski definition) is 0. The van der Waals surface area contributed by atoms with Crippen LogP contribution in [0.4, 0.5) is 0 Å². The van der Waals surface area contributed by atoms with Gasteiger partial charge in [0.2, 0.25) is 0 Å². The van der Waals surface area contributed by atoms with Crippen molar-refractivity contribution in [2.75, 3.05) is 7.11 Å². The summed E-state index contributed by atoms with van der Waals surface area (Å²) in [7, 11) is 1.72. The lowest BCUT2D eigenvalue weighted by molar-refractivity contribution is 0.416. The number of aryl methyl sites for hydroxylation is 1. The Morgan fingerprint density at radius 2 is 1.79 bits per heavy atom. The maximum atomic E-state index is 5.96. The second-order valence-electron chi connectivity index (χ2n) is 4.60. The zero-order chi connectivity index (χ0) is 13.7. The van der Waals surface area contributed by atoms with Gasteiger partial charge in [0, 0.05) is 10.6 Å². The van der Waals surface area contributed by atoms with Crippen molar-refractivity contribution in [3.63, 3.8) is 0 Å². The second-order valence-corrected chi connectivity index (χ2v) is 5.04. The second kappa shape index (κ2) is 6.63. The molecular formula is C17H19ClO. The van der Waals surface area contributed by atoms with Crippen molar-refractivity contribution in [1.29, 1.82) is 0 Å². The standard InChI is InChI=1S/C17H19ClO/c1-3-4-6-13-7-5-8-16(19-2)17(13)14-9-11-15(18)12-10-14/h5,7-12H,3-4,6H2,1-2H3. The summed E-state index contributed by atoms with van der Waals surface area (Å²) in [6, 6.07) is 14.2. The highest BCUT2D eigenvalue weighted by Crippen LogP contribution is 2.34. The Labute approximate surface area is 120 Å². The fraction of sp³-hybridized carbons (Fsp3) is 0.294. The molecule has 0 saturated carbocycles. The summed E-state index contributed by atoms with van der Waals surface area (Å²) in [6.45, 7) is 2.21. The van der Waals surface area contributed by atoms with Crippen LogP contribution in [-0.4, -0.2) is 7.11 Å².